The smallest absolute Gasteiger partial charge is 0.0414 e. The molecule has 0 spiro atoms. The molecule has 0 amide bonds. The summed E-state index contributed by atoms with van der Waals surface area (Å²) in [7, 11) is 0. The lowest BCUT2D eigenvalue weighted by Crippen LogP contribution is -1.94. The molecule has 121 valence electrons. The summed E-state index contributed by atoms with van der Waals surface area (Å²) in [5.41, 5.74) is 0. The van der Waals surface area contributed by atoms with Crippen LogP contribution >= 0.6 is 0 Å². The van der Waals surface area contributed by atoms with E-state index in [1.54, 1.807) is 0 Å². The molecule has 0 nitrogen and oxygen atoms in total. The largest absolute Gasteiger partial charge is 0.0654 e. The Morgan fingerprint density at radius 1 is 0.500 bits per heavy atom. The monoisotopic (exact) mass is 281 g/mol. The van der Waals surface area contributed by atoms with Gasteiger partial charge in [0.25, 0.3) is 0 Å². The molecule has 0 aromatic carbocycles. The molecule has 0 heterocycles. The Balaban J connectivity index is 2.99. The first kappa shape index (κ1) is 20.0. The molecule has 0 heteroatoms. The third-order valence-corrected chi connectivity index (χ3v) is 4.41. The maximum Gasteiger partial charge on any atom is -0.0414 e. The fourth-order valence-corrected chi connectivity index (χ4v) is 3.00. The van der Waals surface area contributed by atoms with Gasteiger partial charge in [-0.15, -0.1) is 0 Å². The fourth-order valence-electron chi connectivity index (χ4n) is 3.00. The Morgan fingerprint density at radius 2 is 0.900 bits per heavy atom. The zero-order chi connectivity index (χ0) is 14.9. The summed E-state index contributed by atoms with van der Waals surface area (Å²) in [5, 5.41) is 0. The van der Waals surface area contributed by atoms with Crippen molar-refractivity contribution in [1.29, 1.82) is 0 Å². The molecule has 0 saturated carbocycles. The lowest BCUT2D eigenvalue weighted by Gasteiger charge is -2.09. The van der Waals surface area contributed by atoms with E-state index in [4.69, 9.17) is 0 Å². The normalized spacial score (nSPS) is 12.8. The van der Waals surface area contributed by atoms with Gasteiger partial charge in [-0.05, 0) is 5.92 Å². The van der Waals surface area contributed by atoms with E-state index in [1.165, 1.54) is 103 Å². The molecule has 1 unspecified atom stereocenters. The molecule has 0 aromatic rings. The van der Waals surface area contributed by atoms with Crippen LogP contribution in [0.2, 0.25) is 0 Å². The Morgan fingerprint density at radius 3 is 1.30 bits per heavy atom. The third-order valence-electron chi connectivity index (χ3n) is 4.41. The maximum absolute atomic E-state index is 4.22. The van der Waals surface area contributed by atoms with Gasteiger partial charge in [0.2, 0.25) is 0 Å². The van der Waals surface area contributed by atoms with Gasteiger partial charge in [0, 0.05) is 0 Å². The van der Waals surface area contributed by atoms with Crippen LogP contribution in [0.25, 0.3) is 0 Å². The average molecular weight is 282 g/mol. The summed E-state index contributed by atoms with van der Waals surface area (Å²) in [4.78, 5) is 0. The minimum atomic E-state index is 0.715. The van der Waals surface area contributed by atoms with Gasteiger partial charge in [0.05, 0.1) is 0 Å². The van der Waals surface area contributed by atoms with Gasteiger partial charge >= 0.3 is 0 Å². The van der Waals surface area contributed by atoms with Crippen LogP contribution in [0.3, 0.4) is 0 Å². The van der Waals surface area contributed by atoms with E-state index in [2.05, 4.69) is 20.8 Å². The summed E-state index contributed by atoms with van der Waals surface area (Å²) < 4.78 is 0. The van der Waals surface area contributed by atoms with Crippen LogP contribution in [-0.2, 0) is 0 Å². The van der Waals surface area contributed by atoms with Gasteiger partial charge in [-0.1, -0.05) is 124 Å². The molecule has 0 saturated heterocycles. The second-order valence-electron chi connectivity index (χ2n) is 6.69. The number of hydrogen-bond donors (Lipinski definition) is 0. The number of rotatable bonds is 16. The first-order valence-electron chi connectivity index (χ1n) is 9.64. The molecular formula is C20H41. The minimum Gasteiger partial charge on any atom is -0.0654 e. The zero-order valence-corrected chi connectivity index (χ0v) is 14.6. The van der Waals surface area contributed by atoms with Gasteiger partial charge in [-0.3, -0.25) is 0 Å². The van der Waals surface area contributed by atoms with Gasteiger partial charge in [0.15, 0.2) is 0 Å². The van der Waals surface area contributed by atoms with Crippen molar-refractivity contribution in [3.05, 3.63) is 6.92 Å². The van der Waals surface area contributed by atoms with Gasteiger partial charge in [-0.25, -0.2) is 0 Å². The Bertz CT molecular complexity index is 161. The van der Waals surface area contributed by atoms with Crippen molar-refractivity contribution in [2.45, 2.75) is 117 Å². The van der Waals surface area contributed by atoms with Crippen molar-refractivity contribution in [3.8, 4) is 0 Å². The van der Waals surface area contributed by atoms with Crippen molar-refractivity contribution in [3.63, 3.8) is 0 Å². The molecule has 0 bridgehead atoms. The van der Waals surface area contributed by atoms with Crippen LogP contribution in [-0.4, -0.2) is 0 Å². The summed E-state index contributed by atoms with van der Waals surface area (Å²) >= 11 is 0. The third kappa shape index (κ3) is 16.1. The summed E-state index contributed by atoms with van der Waals surface area (Å²) in [5.74, 6) is 0.715. The lowest BCUT2D eigenvalue weighted by molar-refractivity contribution is 0.482. The lowest BCUT2D eigenvalue weighted by atomic mass is 9.98. The van der Waals surface area contributed by atoms with E-state index < -0.39 is 0 Å². The van der Waals surface area contributed by atoms with Crippen molar-refractivity contribution in [2.24, 2.45) is 5.92 Å². The molecule has 20 heavy (non-hydrogen) atoms. The molecule has 0 aromatic heterocycles. The van der Waals surface area contributed by atoms with Crippen molar-refractivity contribution in [2.75, 3.05) is 0 Å². The highest BCUT2D eigenvalue weighted by Gasteiger charge is 2.00. The highest BCUT2D eigenvalue weighted by molar-refractivity contribution is 4.60. The van der Waals surface area contributed by atoms with Crippen LogP contribution in [0.5, 0.6) is 0 Å². The van der Waals surface area contributed by atoms with E-state index in [0.717, 1.165) is 0 Å². The second kappa shape index (κ2) is 17.1. The summed E-state index contributed by atoms with van der Waals surface area (Å²) in [6.07, 6.45) is 22.8. The van der Waals surface area contributed by atoms with Crippen LogP contribution in [0.15, 0.2) is 0 Å². The van der Waals surface area contributed by atoms with Gasteiger partial charge in [-0.2, -0.15) is 0 Å². The number of unbranched alkanes of at least 4 members (excludes halogenated alkanes) is 12. The van der Waals surface area contributed by atoms with E-state index in [0.29, 0.717) is 5.92 Å². The van der Waals surface area contributed by atoms with E-state index in [-0.39, 0.29) is 0 Å². The molecule has 0 N–H and O–H groups in total. The first-order chi connectivity index (χ1) is 9.81. The van der Waals surface area contributed by atoms with Gasteiger partial charge in [0.1, 0.15) is 0 Å². The van der Waals surface area contributed by atoms with Crippen LogP contribution < -0.4 is 0 Å². The number of hydrogen-bond acceptors (Lipinski definition) is 0. The van der Waals surface area contributed by atoms with Crippen LogP contribution in [0.4, 0.5) is 0 Å². The maximum atomic E-state index is 4.22. The van der Waals surface area contributed by atoms with E-state index in [1.807, 2.05) is 0 Å². The molecule has 0 rings (SSSR count). The van der Waals surface area contributed by atoms with Crippen molar-refractivity contribution < 1.29 is 0 Å². The van der Waals surface area contributed by atoms with E-state index in [9.17, 15) is 0 Å². The molecular weight excluding hydrogens is 240 g/mol. The highest BCUT2D eigenvalue weighted by atomic mass is 14.1. The Hall–Kier alpha value is 0. The predicted molar refractivity (Wildman–Crippen MR) is 94.1 cm³/mol. The Kier molecular flexibility index (Phi) is 17.1. The fraction of sp³-hybridized carbons (Fsp3) is 0.950. The van der Waals surface area contributed by atoms with Gasteiger partial charge < -0.3 is 0 Å². The molecule has 0 aliphatic heterocycles. The molecule has 1 atom stereocenters. The van der Waals surface area contributed by atoms with Crippen LogP contribution in [0, 0.1) is 12.8 Å². The van der Waals surface area contributed by atoms with Crippen molar-refractivity contribution in [1.82, 2.24) is 0 Å². The predicted octanol–water partition coefficient (Wildman–Crippen LogP) is 7.72. The highest BCUT2D eigenvalue weighted by Crippen LogP contribution is 2.16. The molecule has 0 fully saturated rings. The molecule has 1 radical (unpaired) electrons. The summed E-state index contributed by atoms with van der Waals surface area (Å²) in [6.45, 7) is 8.78. The standard InChI is InChI=1S/C20H41/c1-4-6-7-8-9-10-11-12-13-14-15-16-17-19-20(3)18-5-2/h20H,3-19H2,1-2H3. The minimum absolute atomic E-state index is 0.715. The molecule has 0 aliphatic rings. The SMILES string of the molecule is [CH2]C(CCC)CCCCCCCCCCCCCCC. The Labute approximate surface area is 130 Å². The second-order valence-corrected chi connectivity index (χ2v) is 6.69. The van der Waals surface area contributed by atoms with Crippen molar-refractivity contribution >= 4 is 0 Å². The molecule has 0 aliphatic carbocycles. The zero-order valence-electron chi connectivity index (χ0n) is 14.6. The summed E-state index contributed by atoms with van der Waals surface area (Å²) in [6, 6.07) is 0. The average Bonchev–Trinajstić information content (AvgIpc) is 2.44. The van der Waals surface area contributed by atoms with E-state index >= 15 is 0 Å². The first-order valence-corrected chi connectivity index (χ1v) is 9.64. The van der Waals surface area contributed by atoms with Crippen LogP contribution in [0.1, 0.15) is 117 Å². The topological polar surface area (TPSA) is 0 Å². The quantitative estimate of drug-likeness (QED) is 0.254.